The molecule has 0 aliphatic carbocycles. The van der Waals surface area contributed by atoms with E-state index in [1.54, 1.807) is 11.3 Å². The summed E-state index contributed by atoms with van der Waals surface area (Å²) in [5, 5.41) is 5.11. The fourth-order valence-electron chi connectivity index (χ4n) is 2.86. The first-order valence-electron chi connectivity index (χ1n) is 7.52. The number of amides is 1. The lowest BCUT2D eigenvalue weighted by Crippen LogP contribution is -2.49. The number of nitrogens with zero attached hydrogens (tertiary/aromatic N) is 4. The van der Waals surface area contributed by atoms with E-state index in [2.05, 4.69) is 26.3 Å². The van der Waals surface area contributed by atoms with Crippen LogP contribution in [0.15, 0.2) is 29.0 Å². The van der Waals surface area contributed by atoms with Gasteiger partial charge in [-0.25, -0.2) is 9.97 Å². The van der Waals surface area contributed by atoms with Crippen molar-refractivity contribution in [2.24, 2.45) is 0 Å². The molecule has 118 valence electrons. The number of fused-ring (bicyclic) bond motifs is 1. The molecule has 3 aromatic rings. The average molecular weight is 344 g/mol. The molecule has 1 aliphatic rings. The van der Waals surface area contributed by atoms with Crippen LogP contribution in [-0.4, -0.2) is 47.0 Å². The number of carbonyl (C=O) groups is 1. The maximum absolute atomic E-state index is 12.4. The van der Waals surface area contributed by atoms with E-state index in [1.165, 1.54) is 11.3 Å². The highest BCUT2D eigenvalue weighted by Crippen LogP contribution is 2.28. The van der Waals surface area contributed by atoms with Crippen molar-refractivity contribution in [3.63, 3.8) is 0 Å². The smallest absolute Gasteiger partial charge is 0.264 e. The van der Waals surface area contributed by atoms with Crippen LogP contribution in [0.1, 0.15) is 15.5 Å². The maximum atomic E-state index is 12.4. The van der Waals surface area contributed by atoms with Gasteiger partial charge in [-0.05, 0) is 29.8 Å². The molecule has 0 saturated carbocycles. The molecule has 0 aromatic carbocycles. The minimum absolute atomic E-state index is 0.138. The zero-order chi connectivity index (χ0) is 15.8. The van der Waals surface area contributed by atoms with Crippen molar-refractivity contribution in [2.75, 3.05) is 31.1 Å². The molecule has 1 saturated heterocycles. The van der Waals surface area contributed by atoms with E-state index in [-0.39, 0.29) is 5.91 Å². The van der Waals surface area contributed by atoms with Gasteiger partial charge in [0.1, 0.15) is 16.5 Å². The lowest BCUT2D eigenvalue weighted by atomic mass is 10.2. The number of aromatic nitrogens is 2. The van der Waals surface area contributed by atoms with Gasteiger partial charge in [0.2, 0.25) is 0 Å². The summed E-state index contributed by atoms with van der Waals surface area (Å²) in [4.78, 5) is 27.6. The molecule has 0 bridgehead atoms. The molecule has 0 spiro atoms. The second kappa shape index (κ2) is 5.90. The monoisotopic (exact) mass is 344 g/mol. The van der Waals surface area contributed by atoms with E-state index >= 15 is 0 Å². The highest BCUT2D eigenvalue weighted by Gasteiger charge is 2.24. The number of hydrogen-bond acceptors (Lipinski definition) is 6. The lowest BCUT2D eigenvalue weighted by molar-refractivity contribution is 0.0751. The van der Waals surface area contributed by atoms with Crippen molar-refractivity contribution in [1.29, 1.82) is 0 Å². The molecular weight excluding hydrogens is 328 g/mol. The van der Waals surface area contributed by atoms with E-state index in [9.17, 15) is 4.79 Å². The Labute approximate surface area is 142 Å². The van der Waals surface area contributed by atoms with E-state index in [0.717, 1.165) is 52.9 Å². The number of thiophene rings is 2. The first-order chi connectivity index (χ1) is 11.2. The first kappa shape index (κ1) is 14.6. The van der Waals surface area contributed by atoms with Gasteiger partial charge in [-0.2, -0.15) is 0 Å². The van der Waals surface area contributed by atoms with Crippen molar-refractivity contribution in [3.05, 3.63) is 39.7 Å². The fraction of sp³-hybridized carbons (Fsp3) is 0.312. The summed E-state index contributed by atoms with van der Waals surface area (Å²) in [5.41, 5.74) is 0. The number of hydrogen-bond donors (Lipinski definition) is 0. The average Bonchev–Trinajstić information content (AvgIpc) is 3.25. The van der Waals surface area contributed by atoms with E-state index < -0.39 is 0 Å². The van der Waals surface area contributed by atoms with Crippen LogP contribution in [0.2, 0.25) is 0 Å². The molecule has 1 fully saturated rings. The van der Waals surface area contributed by atoms with Gasteiger partial charge in [-0.1, -0.05) is 6.07 Å². The van der Waals surface area contributed by atoms with Gasteiger partial charge >= 0.3 is 0 Å². The molecule has 4 heterocycles. The third kappa shape index (κ3) is 2.70. The summed E-state index contributed by atoms with van der Waals surface area (Å²) < 4.78 is 0. The summed E-state index contributed by atoms with van der Waals surface area (Å²) in [5.74, 6) is 1.93. The molecule has 0 unspecified atom stereocenters. The van der Waals surface area contributed by atoms with Crippen LogP contribution >= 0.6 is 22.7 Å². The Bertz CT molecular complexity index is 835. The second-order valence-electron chi connectivity index (χ2n) is 5.49. The standard InChI is InChI=1S/C16H16N4OS2/c1-11-17-14(12-4-10-23-15(12)18-11)19-5-7-20(8-6-19)16(21)13-3-2-9-22-13/h2-4,9-10H,5-8H2,1H3. The Kier molecular flexibility index (Phi) is 3.74. The Morgan fingerprint density at radius 2 is 1.91 bits per heavy atom. The zero-order valence-electron chi connectivity index (χ0n) is 12.7. The topological polar surface area (TPSA) is 49.3 Å². The van der Waals surface area contributed by atoms with Crippen molar-refractivity contribution in [2.45, 2.75) is 6.92 Å². The van der Waals surface area contributed by atoms with Crippen LogP contribution < -0.4 is 4.90 Å². The normalized spacial score (nSPS) is 15.3. The second-order valence-corrected chi connectivity index (χ2v) is 7.33. The van der Waals surface area contributed by atoms with Gasteiger partial charge in [-0.15, -0.1) is 22.7 Å². The minimum Gasteiger partial charge on any atom is -0.352 e. The molecule has 0 N–H and O–H groups in total. The first-order valence-corrected chi connectivity index (χ1v) is 9.28. The van der Waals surface area contributed by atoms with Crippen LogP contribution in [0.4, 0.5) is 5.82 Å². The number of carbonyl (C=O) groups excluding carboxylic acids is 1. The maximum Gasteiger partial charge on any atom is 0.264 e. The third-order valence-electron chi connectivity index (χ3n) is 4.02. The molecule has 0 atom stereocenters. The van der Waals surface area contributed by atoms with Gasteiger partial charge in [0.05, 0.1) is 10.3 Å². The third-order valence-corrected chi connectivity index (χ3v) is 5.68. The van der Waals surface area contributed by atoms with Gasteiger partial charge in [0, 0.05) is 26.2 Å². The molecule has 4 rings (SSSR count). The van der Waals surface area contributed by atoms with Crippen LogP contribution in [0.3, 0.4) is 0 Å². The molecular formula is C16H16N4OS2. The van der Waals surface area contributed by atoms with Crippen LogP contribution in [0.5, 0.6) is 0 Å². The molecule has 1 aliphatic heterocycles. The molecule has 0 radical (unpaired) electrons. The van der Waals surface area contributed by atoms with Crippen molar-refractivity contribution >= 4 is 44.6 Å². The van der Waals surface area contributed by atoms with Gasteiger partial charge in [0.25, 0.3) is 5.91 Å². The van der Waals surface area contributed by atoms with Gasteiger partial charge in [-0.3, -0.25) is 4.79 Å². The predicted octanol–water partition coefficient (Wildman–Crippen LogP) is 3.02. The quantitative estimate of drug-likeness (QED) is 0.717. The summed E-state index contributed by atoms with van der Waals surface area (Å²) in [6, 6.07) is 5.89. The molecule has 3 aromatic heterocycles. The van der Waals surface area contributed by atoms with Gasteiger partial charge in [0.15, 0.2) is 0 Å². The Morgan fingerprint density at radius 1 is 1.09 bits per heavy atom. The van der Waals surface area contributed by atoms with E-state index in [1.807, 2.05) is 29.3 Å². The highest BCUT2D eigenvalue weighted by molar-refractivity contribution is 7.16. The summed E-state index contributed by atoms with van der Waals surface area (Å²) in [6.07, 6.45) is 0. The summed E-state index contributed by atoms with van der Waals surface area (Å²) in [7, 11) is 0. The van der Waals surface area contributed by atoms with Crippen LogP contribution in [0.25, 0.3) is 10.2 Å². The minimum atomic E-state index is 0.138. The largest absolute Gasteiger partial charge is 0.352 e. The Morgan fingerprint density at radius 3 is 2.65 bits per heavy atom. The molecule has 23 heavy (non-hydrogen) atoms. The Hall–Kier alpha value is -1.99. The summed E-state index contributed by atoms with van der Waals surface area (Å²) >= 11 is 3.15. The van der Waals surface area contributed by atoms with Gasteiger partial charge < -0.3 is 9.80 Å². The van der Waals surface area contributed by atoms with Crippen LogP contribution in [0, 0.1) is 6.92 Å². The number of piperazine rings is 1. The predicted molar refractivity (Wildman–Crippen MR) is 94.6 cm³/mol. The number of anilines is 1. The zero-order valence-corrected chi connectivity index (χ0v) is 14.4. The van der Waals surface area contributed by atoms with E-state index in [4.69, 9.17) is 0 Å². The van der Waals surface area contributed by atoms with Crippen molar-refractivity contribution < 1.29 is 4.79 Å². The highest BCUT2D eigenvalue weighted by atomic mass is 32.1. The summed E-state index contributed by atoms with van der Waals surface area (Å²) in [6.45, 7) is 4.99. The molecule has 1 amide bonds. The van der Waals surface area contributed by atoms with Crippen molar-refractivity contribution in [1.82, 2.24) is 14.9 Å². The molecule has 7 heteroatoms. The lowest BCUT2D eigenvalue weighted by Gasteiger charge is -2.35. The van der Waals surface area contributed by atoms with Crippen molar-refractivity contribution in [3.8, 4) is 0 Å². The number of rotatable bonds is 2. The van der Waals surface area contributed by atoms with E-state index in [0.29, 0.717) is 0 Å². The Balaban J connectivity index is 1.53. The van der Waals surface area contributed by atoms with Crippen LogP contribution in [-0.2, 0) is 0 Å². The fourth-order valence-corrected chi connectivity index (χ4v) is 4.36. The number of aryl methyl sites for hydroxylation is 1. The molecule has 5 nitrogen and oxygen atoms in total. The SMILES string of the molecule is Cc1nc(N2CCN(C(=O)c3cccs3)CC2)c2ccsc2n1.